The summed E-state index contributed by atoms with van der Waals surface area (Å²) < 4.78 is 6.84. The van der Waals surface area contributed by atoms with Crippen LogP contribution in [0.4, 0.5) is 11.6 Å². The van der Waals surface area contributed by atoms with Crippen LogP contribution in [0.5, 0.6) is 0 Å². The van der Waals surface area contributed by atoms with Crippen LogP contribution in [0.1, 0.15) is 17.1 Å². The number of nitrogens with two attached hydrogens (primary N) is 1. The fourth-order valence-electron chi connectivity index (χ4n) is 2.21. The predicted molar refractivity (Wildman–Crippen MR) is 96.7 cm³/mol. The number of aryl methyl sites for hydroxylation is 2. The van der Waals surface area contributed by atoms with E-state index >= 15 is 0 Å². The number of nitrogens with zero attached hydrogens (tertiary/aromatic N) is 5. The number of halogens is 1. The minimum absolute atomic E-state index is 0.0819. The molecule has 2 aromatic heterocycles. The van der Waals surface area contributed by atoms with Crippen LogP contribution in [0.15, 0.2) is 33.8 Å². The molecule has 2 heterocycles. The standard InChI is InChI=1S/C15H14ClN7O3/c1-8-3-5-11(14(13(8)16)23(24)25)12-6-4-10(26-12)7-18-20-15-21-19-9(2)22(15)17/h3-7H,17H2,1-2H3,(H,20,21)/b18-7+. The van der Waals surface area contributed by atoms with E-state index in [0.29, 0.717) is 22.9 Å². The van der Waals surface area contributed by atoms with Crippen LogP contribution in [0.25, 0.3) is 11.3 Å². The van der Waals surface area contributed by atoms with Crippen LogP contribution in [0, 0.1) is 24.0 Å². The van der Waals surface area contributed by atoms with E-state index in [-0.39, 0.29) is 22.2 Å². The molecule has 0 fully saturated rings. The van der Waals surface area contributed by atoms with Crippen molar-refractivity contribution in [1.82, 2.24) is 14.9 Å². The Morgan fingerprint density at radius 2 is 2.12 bits per heavy atom. The number of nitrogen functional groups attached to an aromatic ring is 1. The Bertz CT molecular complexity index is 1010. The minimum atomic E-state index is -0.529. The van der Waals surface area contributed by atoms with E-state index in [2.05, 4.69) is 20.7 Å². The molecule has 0 saturated carbocycles. The summed E-state index contributed by atoms with van der Waals surface area (Å²) in [6.45, 7) is 3.39. The summed E-state index contributed by atoms with van der Waals surface area (Å²) >= 11 is 6.07. The predicted octanol–water partition coefficient (Wildman–Crippen LogP) is 2.88. The van der Waals surface area contributed by atoms with Gasteiger partial charge in [0.1, 0.15) is 16.5 Å². The Kier molecular flexibility index (Phi) is 4.59. The molecule has 0 aliphatic carbocycles. The molecule has 0 unspecified atom stereocenters. The summed E-state index contributed by atoms with van der Waals surface area (Å²) in [5.41, 5.74) is 3.32. The maximum Gasteiger partial charge on any atom is 0.299 e. The van der Waals surface area contributed by atoms with Crippen molar-refractivity contribution in [2.45, 2.75) is 13.8 Å². The number of anilines is 1. The molecular formula is C15H14ClN7O3. The first-order chi connectivity index (χ1) is 12.4. The Labute approximate surface area is 152 Å². The van der Waals surface area contributed by atoms with Gasteiger partial charge in [0.05, 0.1) is 16.7 Å². The molecule has 0 atom stereocenters. The van der Waals surface area contributed by atoms with Gasteiger partial charge in [-0.1, -0.05) is 17.7 Å². The minimum Gasteiger partial charge on any atom is -0.455 e. The van der Waals surface area contributed by atoms with E-state index in [9.17, 15) is 10.1 Å². The lowest BCUT2D eigenvalue weighted by atomic mass is 10.1. The van der Waals surface area contributed by atoms with Crippen molar-refractivity contribution in [3.8, 4) is 11.3 Å². The third kappa shape index (κ3) is 3.22. The Morgan fingerprint density at radius 3 is 2.77 bits per heavy atom. The summed E-state index contributed by atoms with van der Waals surface area (Å²) in [7, 11) is 0. The average molecular weight is 376 g/mol. The summed E-state index contributed by atoms with van der Waals surface area (Å²) in [6, 6.07) is 6.51. The summed E-state index contributed by atoms with van der Waals surface area (Å²) in [5, 5.41) is 23.0. The zero-order valence-corrected chi connectivity index (χ0v) is 14.6. The van der Waals surface area contributed by atoms with E-state index in [0.717, 1.165) is 0 Å². The average Bonchev–Trinajstić information content (AvgIpc) is 3.19. The van der Waals surface area contributed by atoms with E-state index < -0.39 is 4.92 Å². The quantitative estimate of drug-likeness (QED) is 0.302. The van der Waals surface area contributed by atoms with Crippen molar-refractivity contribution in [3.63, 3.8) is 0 Å². The molecule has 0 bridgehead atoms. The van der Waals surface area contributed by atoms with E-state index in [1.54, 1.807) is 38.1 Å². The lowest BCUT2D eigenvalue weighted by Gasteiger charge is -2.04. The zero-order valence-electron chi connectivity index (χ0n) is 13.8. The lowest BCUT2D eigenvalue weighted by molar-refractivity contribution is -0.384. The molecule has 10 nitrogen and oxygen atoms in total. The van der Waals surface area contributed by atoms with Crippen LogP contribution in [0.3, 0.4) is 0 Å². The smallest absolute Gasteiger partial charge is 0.299 e. The van der Waals surface area contributed by atoms with Gasteiger partial charge in [-0.25, -0.2) is 10.1 Å². The van der Waals surface area contributed by atoms with Crippen LogP contribution in [-0.4, -0.2) is 26.0 Å². The van der Waals surface area contributed by atoms with Crippen molar-refractivity contribution in [2.24, 2.45) is 5.10 Å². The van der Waals surface area contributed by atoms with Crippen LogP contribution in [0.2, 0.25) is 5.02 Å². The van der Waals surface area contributed by atoms with Crippen LogP contribution >= 0.6 is 11.6 Å². The van der Waals surface area contributed by atoms with Crippen molar-refractivity contribution in [2.75, 3.05) is 11.3 Å². The van der Waals surface area contributed by atoms with Gasteiger partial charge in [-0.3, -0.25) is 10.1 Å². The highest BCUT2D eigenvalue weighted by atomic mass is 35.5. The topological polar surface area (TPSA) is 137 Å². The Morgan fingerprint density at radius 1 is 1.35 bits per heavy atom. The number of nitrogens with one attached hydrogen (secondary N) is 1. The molecule has 11 heteroatoms. The molecule has 3 aromatic rings. The number of hydrogen-bond donors (Lipinski definition) is 2. The lowest BCUT2D eigenvalue weighted by Crippen LogP contribution is -2.13. The van der Waals surface area contributed by atoms with Gasteiger partial charge in [-0.05, 0) is 37.6 Å². The molecule has 26 heavy (non-hydrogen) atoms. The first-order valence-corrected chi connectivity index (χ1v) is 7.76. The normalized spacial score (nSPS) is 11.2. The number of rotatable bonds is 5. The summed E-state index contributed by atoms with van der Waals surface area (Å²) in [4.78, 5) is 10.8. The van der Waals surface area contributed by atoms with Gasteiger partial charge in [0.15, 0.2) is 5.82 Å². The SMILES string of the molecule is Cc1ccc(-c2ccc(/C=N/Nc3nnc(C)n3N)o2)c([N+](=O)[O-])c1Cl. The molecule has 3 rings (SSSR count). The molecule has 0 amide bonds. The van der Waals surface area contributed by atoms with Gasteiger partial charge in [0, 0.05) is 0 Å². The third-order valence-electron chi connectivity index (χ3n) is 3.61. The van der Waals surface area contributed by atoms with Gasteiger partial charge < -0.3 is 10.3 Å². The number of furan rings is 1. The molecule has 0 spiro atoms. The fraction of sp³-hybridized carbons (Fsp3) is 0.133. The first kappa shape index (κ1) is 17.4. The molecule has 134 valence electrons. The largest absolute Gasteiger partial charge is 0.455 e. The maximum atomic E-state index is 11.4. The Balaban J connectivity index is 1.84. The molecule has 1 aromatic carbocycles. The molecule has 0 radical (unpaired) electrons. The monoisotopic (exact) mass is 375 g/mol. The van der Waals surface area contributed by atoms with Crippen LogP contribution in [-0.2, 0) is 0 Å². The first-order valence-electron chi connectivity index (χ1n) is 7.38. The van der Waals surface area contributed by atoms with E-state index in [4.69, 9.17) is 21.9 Å². The van der Waals surface area contributed by atoms with Gasteiger partial charge in [-0.2, -0.15) is 5.10 Å². The molecule has 0 aliphatic rings. The maximum absolute atomic E-state index is 11.4. The fourth-order valence-corrected chi connectivity index (χ4v) is 2.44. The molecule has 0 saturated heterocycles. The summed E-state index contributed by atoms with van der Waals surface area (Å²) in [6.07, 6.45) is 1.38. The number of nitro benzene ring substituents is 1. The van der Waals surface area contributed by atoms with Gasteiger partial charge in [0.2, 0.25) is 0 Å². The number of benzene rings is 1. The zero-order chi connectivity index (χ0) is 18.8. The highest BCUT2D eigenvalue weighted by Gasteiger charge is 2.23. The van der Waals surface area contributed by atoms with Gasteiger partial charge >= 0.3 is 0 Å². The molecular weight excluding hydrogens is 362 g/mol. The second-order valence-corrected chi connectivity index (χ2v) is 5.74. The van der Waals surface area contributed by atoms with Gasteiger partial charge in [-0.15, -0.1) is 10.2 Å². The summed E-state index contributed by atoms with van der Waals surface area (Å²) in [5.74, 6) is 7.14. The second kappa shape index (κ2) is 6.84. The highest BCUT2D eigenvalue weighted by molar-refractivity contribution is 6.34. The van der Waals surface area contributed by atoms with Crippen LogP contribution < -0.4 is 11.3 Å². The van der Waals surface area contributed by atoms with E-state index in [1.807, 2.05) is 0 Å². The molecule has 0 aliphatic heterocycles. The van der Waals surface area contributed by atoms with Crippen molar-refractivity contribution in [3.05, 3.63) is 56.6 Å². The van der Waals surface area contributed by atoms with Crippen molar-refractivity contribution in [1.29, 1.82) is 0 Å². The van der Waals surface area contributed by atoms with E-state index in [1.165, 1.54) is 10.9 Å². The van der Waals surface area contributed by atoms with Crippen molar-refractivity contribution < 1.29 is 9.34 Å². The van der Waals surface area contributed by atoms with Crippen molar-refractivity contribution >= 4 is 29.5 Å². The third-order valence-corrected chi connectivity index (χ3v) is 4.08. The Hall–Kier alpha value is -3.40. The van der Waals surface area contributed by atoms with Gasteiger partial charge in [0.25, 0.3) is 11.6 Å². The number of hydrogen-bond acceptors (Lipinski definition) is 8. The second-order valence-electron chi connectivity index (χ2n) is 5.36. The number of aromatic nitrogens is 3. The number of nitro groups is 1. The number of hydrazone groups is 1. The highest BCUT2D eigenvalue weighted by Crippen LogP contribution is 2.38. The molecule has 3 N–H and O–H groups in total.